The van der Waals surface area contributed by atoms with E-state index in [2.05, 4.69) is 15.6 Å². The Hall–Kier alpha value is -1.96. The number of nitrogens with zero attached hydrogens (tertiary/aromatic N) is 1. The van der Waals surface area contributed by atoms with Gasteiger partial charge in [0.2, 0.25) is 5.91 Å². The van der Waals surface area contributed by atoms with Crippen LogP contribution in [0.2, 0.25) is 0 Å². The van der Waals surface area contributed by atoms with Crippen molar-refractivity contribution in [3.8, 4) is 0 Å². The zero-order valence-electron chi connectivity index (χ0n) is 10.7. The first-order chi connectivity index (χ1) is 9.46. The summed E-state index contributed by atoms with van der Waals surface area (Å²) in [6.45, 7) is -0.190. The van der Waals surface area contributed by atoms with Gasteiger partial charge >= 0.3 is 0 Å². The van der Waals surface area contributed by atoms with Crippen molar-refractivity contribution in [2.24, 2.45) is 0 Å². The molecule has 1 aromatic heterocycles. The number of hydrogen-bond donors (Lipinski definition) is 2. The van der Waals surface area contributed by atoms with Crippen LogP contribution in [-0.4, -0.2) is 49.3 Å². The summed E-state index contributed by atoms with van der Waals surface area (Å²) in [7, 11) is -3.03. The summed E-state index contributed by atoms with van der Waals surface area (Å²) in [6, 6.07) is 2.85. The number of pyridine rings is 1. The molecule has 1 unspecified atom stereocenters. The molecule has 2 heterocycles. The van der Waals surface area contributed by atoms with Gasteiger partial charge in [0.15, 0.2) is 9.84 Å². The Labute approximate surface area is 116 Å². The Balaban J connectivity index is 1.77. The van der Waals surface area contributed by atoms with Gasteiger partial charge in [0.25, 0.3) is 5.91 Å². The maximum absolute atomic E-state index is 11.7. The molecule has 1 aliphatic heterocycles. The van der Waals surface area contributed by atoms with Crippen LogP contribution in [0.4, 0.5) is 0 Å². The number of carbonyl (C=O) groups excluding carboxylic acids is 2. The van der Waals surface area contributed by atoms with E-state index in [1.807, 2.05) is 0 Å². The summed E-state index contributed by atoms with van der Waals surface area (Å²) in [4.78, 5) is 27.1. The molecule has 1 fully saturated rings. The van der Waals surface area contributed by atoms with Crippen LogP contribution in [-0.2, 0) is 14.6 Å². The van der Waals surface area contributed by atoms with Crippen molar-refractivity contribution < 1.29 is 18.0 Å². The van der Waals surface area contributed by atoms with Gasteiger partial charge in [0, 0.05) is 18.4 Å². The van der Waals surface area contributed by atoms with E-state index in [0.29, 0.717) is 12.0 Å². The number of rotatable bonds is 4. The normalized spacial score (nSPS) is 20.3. The lowest BCUT2D eigenvalue weighted by Crippen LogP contribution is -2.42. The number of carbonyl (C=O) groups is 2. The predicted octanol–water partition coefficient (Wildman–Crippen LogP) is -0.885. The van der Waals surface area contributed by atoms with Crippen molar-refractivity contribution in [1.29, 1.82) is 0 Å². The molecule has 2 rings (SSSR count). The Bertz CT molecular complexity index is 600. The van der Waals surface area contributed by atoms with E-state index < -0.39 is 21.7 Å². The number of amides is 2. The number of hydrogen-bond acceptors (Lipinski definition) is 5. The Morgan fingerprint density at radius 3 is 2.80 bits per heavy atom. The van der Waals surface area contributed by atoms with Crippen molar-refractivity contribution in [1.82, 2.24) is 15.6 Å². The molecule has 0 spiro atoms. The molecule has 7 nitrogen and oxygen atoms in total. The van der Waals surface area contributed by atoms with E-state index in [4.69, 9.17) is 0 Å². The van der Waals surface area contributed by atoms with Gasteiger partial charge in [0.05, 0.1) is 23.6 Å². The smallest absolute Gasteiger partial charge is 0.253 e. The summed E-state index contributed by atoms with van der Waals surface area (Å²) >= 11 is 0. The average Bonchev–Trinajstić information content (AvgIpc) is 2.76. The van der Waals surface area contributed by atoms with Gasteiger partial charge in [-0.15, -0.1) is 0 Å². The number of sulfone groups is 1. The molecule has 1 saturated heterocycles. The van der Waals surface area contributed by atoms with Crippen LogP contribution in [0.3, 0.4) is 0 Å². The van der Waals surface area contributed by atoms with Crippen LogP contribution in [0.5, 0.6) is 0 Å². The third kappa shape index (κ3) is 4.02. The molecular formula is C12H15N3O4S. The molecule has 2 N–H and O–H groups in total. The average molecular weight is 297 g/mol. The monoisotopic (exact) mass is 297 g/mol. The highest BCUT2D eigenvalue weighted by Crippen LogP contribution is 2.10. The molecule has 0 radical (unpaired) electrons. The molecule has 0 saturated carbocycles. The minimum absolute atomic E-state index is 0.0324. The fraction of sp³-hybridized carbons (Fsp3) is 0.417. The fourth-order valence-electron chi connectivity index (χ4n) is 1.95. The van der Waals surface area contributed by atoms with Crippen LogP contribution in [0, 0.1) is 0 Å². The largest absolute Gasteiger partial charge is 0.351 e. The first kappa shape index (κ1) is 14.4. The SMILES string of the molecule is O=C(CNC(=O)c1cccnc1)NC1CCS(=O)(=O)C1. The lowest BCUT2D eigenvalue weighted by atomic mass is 10.2. The molecule has 1 atom stereocenters. The van der Waals surface area contributed by atoms with Crippen LogP contribution in [0.25, 0.3) is 0 Å². The van der Waals surface area contributed by atoms with Gasteiger partial charge < -0.3 is 10.6 Å². The van der Waals surface area contributed by atoms with Gasteiger partial charge in [-0.1, -0.05) is 0 Å². The second-order valence-corrected chi connectivity index (χ2v) is 6.82. The standard InChI is InChI=1S/C12H15N3O4S/c16-11(15-10-3-5-20(18,19)8-10)7-14-12(17)9-2-1-4-13-6-9/h1-2,4,6,10H,3,5,7-8H2,(H,14,17)(H,15,16). The minimum Gasteiger partial charge on any atom is -0.351 e. The maximum atomic E-state index is 11.7. The second kappa shape index (κ2) is 6.00. The predicted molar refractivity (Wildman–Crippen MR) is 71.8 cm³/mol. The van der Waals surface area contributed by atoms with Gasteiger partial charge in [-0.05, 0) is 18.6 Å². The molecule has 0 aliphatic carbocycles. The van der Waals surface area contributed by atoms with Gasteiger partial charge in [-0.25, -0.2) is 8.42 Å². The number of nitrogens with one attached hydrogen (secondary N) is 2. The molecule has 2 amide bonds. The van der Waals surface area contributed by atoms with E-state index in [1.165, 1.54) is 6.20 Å². The van der Waals surface area contributed by atoms with Gasteiger partial charge in [-0.3, -0.25) is 14.6 Å². The summed E-state index contributed by atoms with van der Waals surface area (Å²) in [5.74, 6) is -0.730. The summed E-state index contributed by atoms with van der Waals surface area (Å²) in [6.07, 6.45) is 3.37. The van der Waals surface area contributed by atoms with Crippen LogP contribution < -0.4 is 10.6 Å². The van der Waals surface area contributed by atoms with E-state index in [-0.39, 0.29) is 24.1 Å². The molecule has 1 aromatic rings. The number of aromatic nitrogens is 1. The molecular weight excluding hydrogens is 282 g/mol. The fourth-order valence-corrected chi connectivity index (χ4v) is 3.62. The van der Waals surface area contributed by atoms with Crippen molar-refractivity contribution in [3.05, 3.63) is 30.1 Å². The van der Waals surface area contributed by atoms with Crippen molar-refractivity contribution in [2.75, 3.05) is 18.1 Å². The van der Waals surface area contributed by atoms with E-state index in [9.17, 15) is 18.0 Å². The van der Waals surface area contributed by atoms with Crippen molar-refractivity contribution >= 4 is 21.7 Å². The lowest BCUT2D eigenvalue weighted by molar-refractivity contribution is -0.120. The molecule has 20 heavy (non-hydrogen) atoms. The topological polar surface area (TPSA) is 105 Å². The zero-order valence-corrected chi connectivity index (χ0v) is 11.5. The molecule has 8 heteroatoms. The van der Waals surface area contributed by atoms with E-state index in [1.54, 1.807) is 18.3 Å². The first-order valence-electron chi connectivity index (χ1n) is 6.14. The van der Waals surface area contributed by atoms with Crippen molar-refractivity contribution in [3.63, 3.8) is 0 Å². The highest BCUT2D eigenvalue weighted by molar-refractivity contribution is 7.91. The van der Waals surface area contributed by atoms with Crippen LogP contribution >= 0.6 is 0 Å². The highest BCUT2D eigenvalue weighted by atomic mass is 32.2. The quantitative estimate of drug-likeness (QED) is 0.750. The van der Waals surface area contributed by atoms with Crippen LogP contribution in [0.15, 0.2) is 24.5 Å². The summed E-state index contributed by atoms with van der Waals surface area (Å²) in [5, 5.41) is 5.05. The maximum Gasteiger partial charge on any atom is 0.253 e. The third-order valence-corrected chi connectivity index (χ3v) is 4.70. The Morgan fingerprint density at radius 2 is 2.20 bits per heavy atom. The second-order valence-electron chi connectivity index (χ2n) is 4.59. The van der Waals surface area contributed by atoms with Crippen molar-refractivity contribution in [2.45, 2.75) is 12.5 Å². The Morgan fingerprint density at radius 1 is 1.40 bits per heavy atom. The molecule has 0 aromatic carbocycles. The van der Waals surface area contributed by atoms with Gasteiger partial charge in [0.1, 0.15) is 0 Å². The summed E-state index contributed by atoms with van der Waals surface area (Å²) < 4.78 is 22.5. The minimum atomic E-state index is -3.03. The third-order valence-electron chi connectivity index (χ3n) is 2.93. The van der Waals surface area contributed by atoms with E-state index >= 15 is 0 Å². The highest BCUT2D eigenvalue weighted by Gasteiger charge is 2.28. The first-order valence-corrected chi connectivity index (χ1v) is 7.96. The molecule has 1 aliphatic rings. The lowest BCUT2D eigenvalue weighted by Gasteiger charge is -2.11. The zero-order chi connectivity index (χ0) is 14.6. The van der Waals surface area contributed by atoms with Crippen LogP contribution in [0.1, 0.15) is 16.8 Å². The Kier molecular flexibility index (Phi) is 4.33. The summed E-state index contributed by atoms with van der Waals surface area (Å²) in [5.41, 5.74) is 0.365. The molecule has 108 valence electrons. The van der Waals surface area contributed by atoms with E-state index in [0.717, 1.165) is 0 Å². The molecule has 0 bridgehead atoms. The van der Waals surface area contributed by atoms with Gasteiger partial charge in [-0.2, -0.15) is 0 Å².